The van der Waals surface area contributed by atoms with Crippen molar-refractivity contribution in [2.75, 3.05) is 6.26 Å². The Labute approximate surface area is 80.5 Å². The Morgan fingerprint density at radius 3 is 2.55 bits per heavy atom. The van der Waals surface area contributed by atoms with Gasteiger partial charge in [0.15, 0.2) is 0 Å². The zero-order valence-corrected chi connectivity index (χ0v) is 9.37. The van der Waals surface area contributed by atoms with Gasteiger partial charge in [-0.1, -0.05) is 0 Å². The van der Waals surface area contributed by atoms with Crippen molar-refractivity contribution in [1.82, 2.24) is 0 Å². The van der Waals surface area contributed by atoms with Crippen molar-refractivity contribution in [3.8, 4) is 0 Å². The third-order valence-electron chi connectivity index (χ3n) is 0.941. The number of halogens is 1. The molecular weight excluding hydrogens is 224 g/mol. The van der Waals surface area contributed by atoms with E-state index in [-0.39, 0.29) is 0 Å². The molecule has 4 heteroatoms. The van der Waals surface area contributed by atoms with Gasteiger partial charge in [0.25, 0.3) is 0 Å². The lowest BCUT2D eigenvalue weighted by atomic mass is 10.4. The number of allylic oxidation sites excluding steroid dienone is 1. The third-order valence-corrected chi connectivity index (χ3v) is 2.50. The second-order valence-electron chi connectivity index (χ2n) is 2.29. The fourth-order valence-electron chi connectivity index (χ4n) is 0.376. The van der Waals surface area contributed by atoms with Gasteiger partial charge in [-0.2, -0.15) is 0 Å². The fraction of sp³-hybridized carbons (Fsp3) is 0.571. The van der Waals surface area contributed by atoms with Crippen LogP contribution >= 0.6 is 27.7 Å². The number of aliphatic imine (C=N–C) groups is 1. The number of hydrogen-bond donors (Lipinski definition) is 1. The maximum absolute atomic E-state index is 5.61. The van der Waals surface area contributed by atoms with Crippen molar-refractivity contribution in [2.24, 2.45) is 10.7 Å². The average Bonchev–Trinajstić information content (AvgIpc) is 1.98. The summed E-state index contributed by atoms with van der Waals surface area (Å²) < 4.78 is 0.860. The Morgan fingerprint density at radius 2 is 2.18 bits per heavy atom. The van der Waals surface area contributed by atoms with Crippen LogP contribution < -0.4 is 5.73 Å². The van der Waals surface area contributed by atoms with Crippen LogP contribution in [0.15, 0.2) is 14.5 Å². The van der Waals surface area contributed by atoms with Gasteiger partial charge in [-0.15, -0.1) is 11.8 Å². The molecule has 64 valence electrons. The molecule has 0 aliphatic heterocycles. The van der Waals surface area contributed by atoms with E-state index in [1.54, 1.807) is 6.21 Å². The SMILES string of the molecule is CS/C(N)=C(\Br)C=NC(C)C. The van der Waals surface area contributed by atoms with Crippen LogP contribution in [-0.4, -0.2) is 18.5 Å². The van der Waals surface area contributed by atoms with E-state index in [9.17, 15) is 0 Å². The summed E-state index contributed by atoms with van der Waals surface area (Å²) >= 11 is 4.82. The summed E-state index contributed by atoms with van der Waals surface area (Å²) in [6.07, 6.45) is 3.68. The summed E-state index contributed by atoms with van der Waals surface area (Å²) in [4.78, 5) is 4.17. The van der Waals surface area contributed by atoms with E-state index in [1.165, 1.54) is 11.8 Å². The zero-order chi connectivity index (χ0) is 8.85. The van der Waals surface area contributed by atoms with Crippen LogP contribution in [0.1, 0.15) is 13.8 Å². The molecule has 0 radical (unpaired) electrons. The molecule has 0 unspecified atom stereocenters. The number of nitrogens with zero attached hydrogens (tertiary/aromatic N) is 1. The summed E-state index contributed by atoms with van der Waals surface area (Å²) in [6, 6.07) is 0.317. The van der Waals surface area contributed by atoms with Gasteiger partial charge in [0.2, 0.25) is 0 Å². The molecule has 0 fully saturated rings. The van der Waals surface area contributed by atoms with Crippen LogP contribution in [0.3, 0.4) is 0 Å². The van der Waals surface area contributed by atoms with Crippen LogP contribution in [0.5, 0.6) is 0 Å². The lowest BCUT2D eigenvalue weighted by Crippen LogP contribution is -1.96. The van der Waals surface area contributed by atoms with Gasteiger partial charge >= 0.3 is 0 Å². The van der Waals surface area contributed by atoms with Crippen molar-refractivity contribution in [3.05, 3.63) is 9.51 Å². The predicted octanol–water partition coefficient (Wildman–Crippen LogP) is 2.35. The molecule has 0 aliphatic rings. The van der Waals surface area contributed by atoms with Crippen molar-refractivity contribution in [1.29, 1.82) is 0 Å². The van der Waals surface area contributed by atoms with Crippen molar-refractivity contribution in [2.45, 2.75) is 19.9 Å². The van der Waals surface area contributed by atoms with Gasteiger partial charge in [0, 0.05) is 12.3 Å². The molecule has 0 aromatic rings. The van der Waals surface area contributed by atoms with Gasteiger partial charge in [0.1, 0.15) is 0 Å². The quantitative estimate of drug-likeness (QED) is 0.765. The number of rotatable bonds is 3. The molecule has 0 spiro atoms. The molecule has 0 saturated heterocycles. The Morgan fingerprint density at radius 1 is 1.64 bits per heavy atom. The van der Waals surface area contributed by atoms with Gasteiger partial charge < -0.3 is 5.73 Å². The van der Waals surface area contributed by atoms with E-state index in [1.807, 2.05) is 20.1 Å². The van der Waals surface area contributed by atoms with Gasteiger partial charge in [0.05, 0.1) is 9.51 Å². The minimum Gasteiger partial charge on any atom is -0.393 e. The highest BCUT2D eigenvalue weighted by atomic mass is 79.9. The maximum Gasteiger partial charge on any atom is 0.0812 e. The van der Waals surface area contributed by atoms with Crippen molar-refractivity contribution in [3.63, 3.8) is 0 Å². The molecule has 0 bridgehead atoms. The topological polar surface area (TPSA) is 38.4 Å². The number of thioether (sulfide) groups is 1. The monoisotopic (exact) mass is 236 g/mol. The number of hydrogen-bond acceptors (Lipinski definition) is 3. The first-order valence-corrected chi connectivity index (χ1v) is 5.32. The summed E-state index contributed by atoms with van der Waals surface area (Å²) in [5, 5.41) is 0.759. The smallest absolute Gasteiger partial charge is 0.0812 e. The fourth-order valence-corrected chi connectivity index (χ4v) is 1.23. The predicted molar refractivity (Wildman–Crippen MR) is 57.3 cm³/mol. The molecule has 0 rings (SSSR count). The molecule has 11 heavy (non-hydrogen) atoms. The molecule has 0 aromatic carbocycles. The Kier molecular flexibility index (Phi) is 5.68. The van der Waals surface area contributed by atoms with E-state index in [4.69, 9.17) is 5.73 Å². The lowest BCUT2D eigenvalue weighted by molar-refractivity contribution is 0.841. The number of nitrogens with two attached hydrogens (primary N) is 1. The van der Waals surface area contributed by atoms with E-state index in [2.05, 4.69) is 20.9 Å². The molecule has 0 heterocycles. The van der Waals surface area contributed by atoms with Crippen molar-refractivity contribution < 1.29 is 0 Å². The first-order valence-electron chi connectivity index (χ1n) is 3.30. The standard InChI is InChI=1S/C7H13BrN2S/c1-5(2)10-4-6(8)7(9)11-3/h4-5H,9H2,1-3H3/b7-6-,10-4?. The molecule has 0 aromatic heterocycles. The zero-order valence-electron chi connectivity index (χ0n) is 6.97. The first kappa shape index (κ1) is 11.0. The van der Waals surface area contributed by atoms with Crippen LogP contribution in [0.4, 0.5) is 0 Å². The Bertz CT molecular complexity index is 175. The highest BCUT2D eigenvalue weighted by molar-refractivity contribution is 9.12. The maximum atomic E-state index is 5.61. The second kappa shape index (κ2) is 5.66. The summed E-state index contributed by atoms with van der Waals surface area (Å²) in [6.45, 7) is 4.04. The van der Waals surface area contributed by atoms with E-state index in [0.717, 1.165) is 9.51 Å². The molecule has 0 amide bonds. The van der Waals surface area contributed by atoms with Crippen LogP contribution in [-0.2, 0) is 0 Å². The second-order valence-corrected chi connectivity index (χ2v) is 3.99. The van der Waals surface area contributed by atoms with Crippen LogP contribution in [0.25, 0.3) is 0 Å². The lowest BCUT2D eigenvalue weighted by Gasteiger charge is -1.97. The minimum absolute atomic E-state index is 0.317. The first-order chi connectivity index (χ1) is 5.07. The van der Waals surface area contributed by atoms with E-state index >= 15 is 0 Å². The van der Waals surface area contributed by atoms with Gasteiger partial charge in [-0.25, -0.2) is 0 Å². The molecule has 0 aliphatic carbocycles. The van der Waals surface area contributed by atoms with Crippen LogP contribution in [0, 0.1) is 0 Å². The minimum atomic E-state index is 0.317. The molecule has 0 saturated carbocycles. The van der Waals surface area contributed by atoms with Crippen molar-refractivity contribution >= 4 is 33.9 Å². The van der Waals surface area contributed by atoms with Gasteiger partial charge in [-0.3, -0.25) is 4.99 Å². The summed E-state index contributed by atoms with van der Waals surface area (Å²) in [5.41, 5.74) is 5.61. The normalized spacial score (nSPS) is 14.3. The molecular formula is C7H13BrN2S. The average molecular weight is 237 g/mol. The third kappa shape index (κ3) is 5.32. The molecule has 2 nitrogen and oxygen atoms in total. The van der Waals surface area contributed by atoms with E-state index in [0.29, 0.717) is 6.04 Å². The highest BCUT2D eigenvalue weighted by Crippen LogP contribution is 2.14. The highest BCUT2D eigenvalue weighted by Gasteiger charge is 1.94. The van der Waals surface area contributed by atoms with Crippen LogP contribution in [0.2, 0.25) is 0 Å². The largest absolute Gasteiger partial charge is 0.393 e. The van der Waals surface area contributed by atoms with E-state index < -0.39 is 0 Å². The Hall–Kier alpha value is 0.0400. The summed E-state index contributed by atoms with van der Waals surface area (Å²) in [5.74, 6) is 0. The summed E-state index contributed by atoms with van der Waals surface area (Å²) in [7, 11) is 0. The Balaban J connectivity index is 4.15. The molecule has 0 atom stereocenters. The van der Waals surface area contributed by atoms with Gasteiger partial charge in [-0.05, 0) is 36.0 Å². The molecule has 2 N–H and O–H groups in total.